The molecular formula is C18H31N5O. The van der Waals surface area contributed by atoms with Gasteiger partial charge in [-0.05, 0) is 25.0 Å². The van der Waals surface area contributed by atoms with E-state index < -0.39 is 0 Å². The Morgan fingerprint density at radius 1 is 1.42 bits per heavy atom. The van der Waals surface area contributed by atoms with Crippen LogP contribution in [0.25, 0.3) is 0 Å². The fourth-order valence-corrected chi connectivity index (χ4v) is 2.72. The zero-order valence-corrected chi connectivity index (χ0v) is 15.0. The molecule has 1 aliphatic rings. The summed E-state index contributed by atoms with van der Waals surface area (Å²) < 4.78 is 5.56. The Hall–Kier alpha value is -1.82. The average Bonchev–Trinajstić information content (AvgIpc) is 2.60. The summed E-state index contributed by atoms with van der Waals surface area (Å²) >= 11 is 0. The molecule has 1 aromatic heterocycles. The SMILES string of the molecule is CCCCCCNC(N)=NCc1ccc(N2CCOC(C)C2)nc1. The first-order valence-electron chi connectivity index (χ1n) is 9.04. The van der Waals surface area contributed by atoms with Gasteiger partial charge in [0.05, 0.1) is 19.3 Å². The van der Waals surface area contributed by atoms with Crippen molar-refractivity contribution < 1.29 is 4.74 Å². The minimum atomic E-state index is 0.257. The van der Waals surface area contributed by atoms with Crippen LogP contribution in [0, 0.1) is 0 Å². The second-order valence-corrected chi connectivity index (χ2v) is 6.34. The molecule has 0 amide bonds. The van der Waals surface area contributed by atoms with Crippen molar-refractivity contribution in [2.45, 2.75) is 52.2 Å². The largest absolute Gasteiger partial charge is 0.375 e. The maximum Gasteiger partial charge on any atom is 0.188 e. The molecule has 0 aromatic carbocycles. The predicted molar refractivity (Wildman–Crippen MR) is 99.3 cm³/mol. The molecule has 6 heteroatoms. The van der Waals surface area contributed by atoms with Crippen LogP contribution in [-0.4, -0.2) is 43.3 Å². The van der Waals surface area contributed by atoms with Gasteiger partial charge in [-0.25, -0.2) is 9.98 Å². The third-order valence-electron chi connectivity index (χ3n) is 4.14. The van der Waals surface area contributed by atoms with Crippen molar-refractivity contribution in [1.82, 2.24) is 10.3 Å². The summed E-state index contributed by atoms with van der Waals surface area (Å²) in [4.78, 5) is 11.2. The number of nitrogens with two attached hydrogens (primary N) is 1. The molecule has 1 fully saturated rings. The van der Waals surface area contributed by atoms with Gasteiger partial charge in [-0.2, -0.15) is 0 Å². The lowest BCUT2D eigenvalue weighted by Crippen LogP contribution is -2.41. The van der Waals surface area contributed by atoms with Crippen molar-refractivity contribution in [2.75, 3.05) is 31.1 Å². The summed E-state index contributed by atoms with van der Waals surface area (Å²) in [6, 6.07) is 4.12. The number of morpholine rings is 1. The van der Waals surface area contributed by atoms with Crippen LogP contribution >= 0.6 is 0 Å². The van der Waals surface area contributed by atoms with Crippen LogP contribution in [-0.2, 0) is 11.3 Å². The van der Waals surface area contributed by atoms with Gasteiger partial charge in [0.25, 0.3) is 0 Å². The van der Waals surface area contributed by atoms with Gasteiger partial charge in [0.15, 0.2) is 5.96 Å². The molecule has 0 bridgehead atoms. The zero-order valence-electron chi connectivity index (χ0n) is 15.0. The molecule has 0 saturated carbocycles. The summed E-state index contributed by atoms with van der Waals surface area (Å²) in [5.74, 6) is 1.51. The second kappa shape index (κ2) is 10.1. The Morgan fingerprint density at radius 2 is 2.29 bits per heavy atom. The van der Waals surface area contributed by atoms with Crippen molar-refractivity contribution in [3.63, 3.8) is 0 Å². The Labute approximate surface area is 145 Å². The highest BCUT2D eigenvalue weighted by Crippen LogP contribution is 2.15. The van der Waals surface area contributed by atoms with E-state index in [1.165, 1.54) is 19.3 Å². The van der Waals surface area contributed by atoms with E-state index in [2.05, 4.69) is 46.2 Å². The van der Waals surface area contributed by atoms with E-state index in [4.69, 9.17) is 10.5 Å². The van der Waals surface area contributed by atoms with E-state index in [-0.39, 0.29) is 6.10 Å². The van der Waals surface area contributed by atoms with E-state index in [0.29, 0.717) is 12.5 Å². The summed E-state index contributed by atoms with van der Waals surface area (Å²) in [5.41, 5.74) is 6.96. The number of hydrogen-bond donors (Lipinski definition) is 2. The Balaban J connectivity index is 1.75. The summed E-state index contributed by atoms with van der Waals surface area (Å²) in [6.45, 7) is 8.29. The first-order chi connectivity index (χ1) is 11.7. The minimum Gasteiger partial charge on any atom is -0.375 e. The highest BCUT2D eigenvalue weighted by atomic mass is 16.5. The highest BCUT2D eigenvalue weighted by Gasteiger charge is 2.17. The Bertz CT molecular complexity index is 503. The monoisotopic (exact) mass is 333 g/mol. The van der Waals surface area contributed by atoms with E-state index in [1.807, 2.05) is 6.20 Å². The number of guanidine groups is 1. The lowest BCUT2D eigenvalue weighted by atomic mass is 10.2. The molecule has 2 rings (SSSR count). The molecule has 1 aromatic rings. The normalized spacial score (nSPS) is 18.7. The summed E-state index contributed by atoms with van der Waals surface area (Å²) in [5, 5.41) is 3.16. The fourth-order valence-electron chi connectivity index (χ4n) is 2.72. The summed E-state index contributed by atoms with van der Waals surface area (Å²) in [7, 11) is 0. The molecular weight excluding hydrogens is 302 g/mol. The van der Waals surface area contributed by atoms with Crippen molar-refractivity contribution in [2.24, 2.45) is 10.7 Å². The molecule has 0 aliphatic carbocycles. The molecule has 1 saturated heterocycles. The highest BCUT2D eigenvalue weighted by molar-refractivity contribution is 5.77. The first kappa shape index (κ1) is 18.5. The number of pyridine rings is 1. The van der Waals surface area contributed by atoms with Gasteiger partial charge in [-0.3, -0.25) is 0 Å². The predicted octanol–water partition coefficient (Wildman–Crippen LogP) is 2.29. The van der Waals surface area contributed by atoms with Crippen LogP contribution in [0.5, 0.6) is 0 Å². The van der Waals surface area contributed by atoms with E-state index in [0.717, 1.165) is 44.0 Å². The van der Waals surface area contributed by atoms with Gasteiger partial charge < -0.3 is 20.7 Å². The van der Waals surface area contributed by atoms with Crippen LogP contribution in [0.1, 0.15) is 45.1 Å². The lowest BCUT2D eigenvalue weighted by molar-refractivity contribution is 0.0529. The number of unbranched alkanes of at least 4 members (excludes halogenated alkanes) is 3. The van der Waals surface area contributed by atoms with Gasteiger partial charge in [0.1, 0.15) is 5.82 Å². The second-order valence-electron chi connectivity index (χ2n) is 6.34. The van der Waals surface area contributed by atoms with Crippen molar-refractivity contribution in [3.8, 4) is 0 Å². The number of rotatable bonds is 8. The number of ether oxygens (including phenoxy) is 1. The van der Waals surface area contributed by atoms with Crippen LogP contribution in [0.15, 0.2) is 23.3 Å². The molecule has 3 N–H and O–H groups in total. The topological polar surface area (TPSA) is 75.8 Å². The maximum absolute atomic E-state index is 5.89. The molecule has 2 heterocycles. The number of nitrogens with one attached hydrogen (secondary N) is 1. The van der Waals surface area contributed by atoms with Gasteiger partial charge in [0.2, 0.25) is 0 Å². The molecule has 24 heavy (non-hydrogen) atoms. The maximum atomic E-state index is 5.89. The van der Waals surface area contributed by atoms with E-state index in [9.17, 15) is 0 Å². The first-order valence-corrected chi connectivity index (χ1v) is 9.04. The number of aromatic nitrogens is 1. The third kappa shape index (κ3) is 6.35. The van der Waals surface area contributed by atoms with Gasteiger partial charge in [-0.15, -0.1) is 0 Å². The molecule has 1 unspecified atom stereocenters. The zero-order chi connectivity index (χ0) is 17.2. The minimum absolute atomic E-state index is 0.257. The van der Waals surface area contributed by atoms with Crippen molar-refractivity contribution in [1.29, 1.82) is 0 Å². The number of nitrogens with zero attached hydrogens (tertiary/aromatic N) is 3. The van der Waals surface area contributed by atoms with E-state index >= 15 is 0 Å². The average molecular weight is 333 g/mol. The van der Waals surface area contributed by atoms with Crippen LogP contribution in [0.3, 0.4) is 0 Å². The lowest BCUT2D eigenvalue weighted by Gasteiger charge is -2.32. The van der Waals surface area contributed by atoms with Crippen molar-refractivity contribution in [3.05, 3.63) is 23.9 Å². The quantitative estimate of drug-likeness (QED) is 0.434. The van der Waals surface area contributed by atoms with Crippen LogP contribution < -0.4 is 16.0 Å². The van der Waals surface area contributed by atoms with Gasteiger partial charge in [0, 0.05) is 25.8 Å². The third-order valence-corrected chi connectivity index (χ3v) is 4.14. The molecule has 6 nitrogen and oxygen atoms in total. The molecule has 134 valence electrons. The number of anilines is 1. The Kier molecular flexibility index (Phi) is 7.82. The van der Waals surface area contributed by atoms with Gasteiger partial charge in [-0.1, -0.05) is 32.3 Å². The van der Waals surface area contributed by atoms with Gasteiger partial charge >= 0.3 is 0 Å². The van der Waals surface area contributed by atoms with Crippen LogP contribution in [0.2, 0.25) is 0 Å². The molecule has 1 atom stereocenters. The number of aliphatic imine (C=N–C) groups is 1. The van der Waals surface area contributed by atoms with Crippen LogP contribution in [0.4, 0.5) is 5.82 Å². The van der Waals surface area contributed by atoms with E-state index in [1.54, 1.807) is 0 Å². The molecule has 0 spiro atoms. The summed E-state index contributed by atoms with van der Waals surface area (Å²) in [6.07, 6.45) is 7.04. The fraction of sp³-hybridized carbons (Fsp3) is 0.667. The Morgan fingerprint density at radius 3 is 3.00 bits per heavy atom. The number of hydrogen-bond acceptors (Lipinski definition) is 4. The molecule has 1 aliphatic heterocycles. The smallest absolute Gasteiger partial charge is 0.188 e. The van der Waals surface area contributed by atoms with Crippen molar-refractivity contribution >= 4 is 11.8 Å². The molecule has 0 radical (unpaired) electrons. The standard InChI is InChI=1S/C18H31N5O/c1-3-4-5-6-9-20-18(19)22-13-16-7-8-17(21-12-16)23-10-11-24-15(2)14-23/h7-8,12,15H,3-6,9-11,13-14H2,1-2H3,(H3,19,20,22).